The second kappa shape index (κ2) is 3.07. The van der Waals surface area contributed by atoms with E-state index in [4.69, 9.17) is 4.42 Å². The Hall–Kier alpha value is -1.35. The molecular formula is C12H6BrFO. The van der Waals surface area contributed by atoms with Crippen LogP contribution in [-0.4, -0.2) is 0 Å². The number of hydrogen-bond acceptors (Lipinski definition) is 1. The molecule has 2 aromatic carbocycles. The fourth-order valence-corrected chi connectivity index (χ4v) is 2.08. The number of hydrogen-bond donors (Lipinski definition) is 0. The van der Waals surface area contributed by atoms with Gasteiger partial charge in [0.2, 0.25) is 0 Å². The molecule has 0 saturated heterocycles. The summed E-state index contributed by atoms with van der Waals surface area (Å²) in [5.41, 5.74) is 1.49. The van der Waals surface area contributed by atoms with Crippen LogP contribution in [0.1, 0.15) is 0 Å². The van der Waals surface area contributed by atoms with Gasteiger partial charge in [0, 0.05) is 15.2 Å². The number of fused-ring (bicyclic) bond motifs is 3. The molecule has 0 radical (unpaired) electrons. The summed E-state index contributed by atoms with van der Waals surface area (Å²) in [6.07, 6.45) is 0. The smallest absolute Gasteiger partial charge is 0.135 e. The molecule has 0 fully saturated rings. The summed E-state index contributed by atoms with van der Waals surface area (Å²) < 4.78 is 19.6. The molecule has 3 heteroatoms. The minimum Gasteiger partial charge on any atom is -0.456 e. The molecule has 1 heterocycles. The first-order chi connectivity index (χ1) is 7.24. The van der Waals surface area contributed by atoms with Gasteiger partial charge in [-0.05, 0) is 36.4 Å². The maximum atomic E-state index is 13.1. The third-order valence-corrected chi connectivity index (χ3v) is 2.89. The van der Waals surface area contributed by atoms with E-state index in [9.17, 15) is 4.39 Å². The van der Waals surface area contributed by atoms with Gasteiger partial charge in [-0.1, -0.05) is 15.9 Å². The maximum absolute atomic E-state index is 13.1. The van der Waals surface area contributed by atoms with Crippen molar-refractivity contribution < 1.29 is 8.81 Å². The highest BCUT2D eigenvalue weighted by molar-refractivity contribution is 9.10. The highest BCUT2D eigenvalue weighted by atomic mass is 79.9. The van der Waals surface area contributed by atoms with Crippen molar-refractivity contribution in [1.29, 1.82) is 0 Å². The van der Waals surface area contributed by atoms with Crippen molar-refractivity contribution in [2.24, 2.45) is 0 Å². The fourth-order valence-electron chi connectivity index (χ4n) is 1.72. The standard InChI is InChI=1S/C12H6BrFO/c13-7-1-3-11-9(5-7)10-6-8(14)2-4-12(10)15-11/h1-6H. The first-order valence-corrected chi connectivity index (χ1v) is 5.31. The Morgan fingerprint density at radius 1 is 0.933 bits per heavy atom. The number of benzene rings is 2. The van der Waals surface area contributed by atoms with E-state index in [0.717, 1.165) is 20.8 Å². The maximum Gasteiger partial charge on any atom is 0.135 e. The van der Waals surface area contributed by atoms with Crippen LogP contribution in [0.5, 0.6) is 0 Å². The molecule has 74 valence electrons. The SMILES string of the molecule is Fc1ccc2oc3ccc(Br)cc3c2c1. The zero-order chi connectivity index (χ0) is 10.4. The van der Waals surface area contributed by atoms with Crippen LogP contribution in [0.4, 0.5) is 4.39 Å². The van der Waals surface area contributed by atoms with Crippen LogP contribution in [-0.2, 0) is 0 Å². The molecule has 0 atom stereocenters. The lowest BCUT2D eigenvalue weighted by atomic mass is 10.1. The summed E-state index contributed by atoms with van der Waals surface area (Å²) in [7, 11) is 0. The van der Waals surface area contributed by atoms with Gasteiger partial charge in [-0.15, -0.1) is 0 Å². The van der Waals surface area contributed by atoms with Gasteiger partial charge in [-0.25, -0.2) is 4.39 Å². The lowest BCUT2D eigenvalue weighted by molar-refractivity contribution is 0.626. The Morgan fingerprint density at radius 2 is 1.60 bits per heavy atom. The van der Waals surface area contributed by atoms with Crippen molar-refractivity contribution >= 4 is 37.9 Å². The molecule has 0 unspecified atom stereocenters. The molecule has 0 amide bonds. The summed E-state index contributed by atoms with van der Waals surface area (Å²) in [6, 6.07) is 10.3. The number of furan rings is 1. The summed E-state index contributed by atoms with van der Waals surface area (Å²) in [5, 5.41) is 1.74. The van der Waals surface area contributed by atoms with E-state index in [1.54, 1.807) is 6.07 Å². The average Bonchev–Trinajstić information content (AvgIpc) is 2.56. The Balaban J connectivity index is 2.55. The molecule has 15 heavy (non-hydrogen) atoms. The van der Waals surface area contributed by atoms with Crippen molar-refractivity contribution in [1.82, 2.24) is 0 Å². The normalized spacial score (nSPS) is 11.3. The van der Waals surface area contributed by atoms with Gasteiger partial charge < -0.3 is 4.42 Å². The Morgan fingerprint density at radius 3 is 2.40 bits per heavy atom. The van der Waals surface area contributed by atoms with Crippen molar-refractivity contribution in [3.05, 3.63) is 46.7 Å². The first-order valence-electron chi connectivity index (χ1n) is 4.51. The molecular weight excluding hydrogens is 259 g/mol. The third-order valence-electron chi connectivity index (χ3n) is 2.39. The zero-order valence-corrected chi connectivity index (χ0v) is 9.21. The second-order valence-corrected chi connectivity index (χ2v) is 4.30. The molecule has 0 aliphatic rings. The average molecular weight is 265 g/mol. The molecule has 0 aliphatic heterocycles. The summed E-state index contributed by atoms with van der Waals surface area (Å²) in [4.78, 5) is 0. The second-order valence-electron chi connectivity index (χ2n) is 3.38. The zero-order valence-electron chi connectivity index (χ0n) is 7.63. The van der Waals surface area contributed by atoms with E-state index in [0.29, 0.717) is 5.58 Å². The first kappa shape index (κ1) is 8.92. The predicted octanol–water partition coefficient (Wildman–Crippen LogP) is 4.49. The molecule has 1 nitrogen and oxygen atoms in total. The lowest BCUT2D eigenvalue weighted by Crippen LogP contribution is -1.71. The van der Waals surface area contributed by atoms with Gasteiger partial charge in [-0.3, -0.25) is 0 Å². The molecule has 0 spiro atoms. The Labute approximate surface area is 93.6 Å². The van der Waals surface area contributed by atoms with Gasteiger partial charge in [0.1, 0.15) is 17.0 Å². The van der Waals surface area contributed by atoms with E-state index in [1.807, 2.05) is 18.2 Å². The quantitative estimate of drug-likeness (QED) is 0.583. The molecule has 0 saturated carbocycles. The van der Waals surface area contributed by atoms with E-state index in [2.05, 4.69) is 15.9 Å². The molecule has 1 aromatic heterocycles. The summed E-state index contributed by atoms with van der Waals surface area (Å²) >= 11 is 3.39. The Kier molecular flexibility index (Phi) is 1.83. The van der Waals surface area contributed by atoms with Gasteiger partial charge in [0.25, 0.3) is 0 Å². The van der Waals surface area contributed by atoms with Crippen LogP contribution >= 0.6 is 15.9 Å². The van der Waals surface area contributed by atoms with Crippen LogP contribution in [0.2, 0.25) is 0 Å². The van der Waals surface area contributed by atoms with E-state index in [1.165, 1.54) is 12.1 Å². The number of halogens is 2. The van der Waals surface area contributed by atoms with Crippen LogP contribution in [0.3, 0.4) is 0 Å². The predicted molar refractivity (Wildman–Crippen MR) is 61.4 cm³/mol. The molecule has 3 rings (SSSR count). The van der Waals surface area contributed by atoms with E-state index in [-0.39, 0.29) is 5.82 Å². The largest absolute Gasteiger partial charge is 0.456 e. The van der Waals surface area contributed by atoms with Gasteiger partial charge >= 0.3 is 0 Å². The van der Waals surface area contributed by atoms with Crippen molar-refractivity contribution in [2.45, 2.75) is 0 Å². The molecule has 0 aliphatic carbocycles. The summed E-state index contributed by atoms with van der Waals surface area (Å²) in [6.45, 7) is 0. The van der Waals surface area contributed by atoms with Crippen molar-refractivity contribution in [3.8, 4) is 0 Å². The molecule has 0 N–H and O–H groups in total. The van der Waals surface area contributed by atoms with Crippen molar-refractivity contribution in [3.63, 3.8) is 0 Å². The van der Waals surface area contributed by atoms with Crippen molar-refractivity contribution in [2.75, 3.05) is 0 Å². The van der Waals surface area contributed by atoms with Gasteiger partial charge in [-0.2, -0.15) is 0 Å². The van der Waals surface area contributed by atoms with E-state index >= 15 is 0 Å². The highest BCUT2D eigenvalue weighted by Crippen LogP contribution is 2.30. The molecule has 3 aromatic rings. The van der Waals surface area contributed by atoms with Crippen LogP contribution in [0.25, 0.3) is 21.9 Å². The minimum atomic E-state index is -0.245. The van der Waals surface area contributed by atoms with Crippen LogP contribution < -0.4 is 0 Å². The van der Waals surface area contributed by atoms with Crippen LogP contribution in [0, 0.1) is 5.82 Å². The monoisotopic (exact) mass is 264 g/mol. The highest BCUT2D eigenvalue weighted by Gasteiger charge is 2.07. The van der Waals surface area contributed by atoms with Crippen LogP contribution in [0.15, 0.2) is 45.3 Å². The van der Waals surface area contributed by atoms with E-state index < -0.39 is 0 Å². The fraction of sp³-hybridized carbons (Fsp3) is 0. The Bertz CT molecular complexity index is 601. The van der Waals surface area contributed by atoms with Gasteiger partial charge in [0.05, 0.1) is 0 Å². The molecule has 0 bridgehead atoms. The topological polar surface area (TPSA) is 13.1 Å². The third kappa shape index (κ3) is 1.35. The lowest BCUT2D eigenvalue weighted by Gasteiger charge is -1.90. The van der Waals surface area contributed by atoms with Gasteiger partial charge in [0.15, 0.2) is 0 Å². The number of rotatable bonds is 0. The minimum absolute atomic E-state index is 0.245. The summed E-state index contributed by atoms with van der Waals surface area (Å²) in [5.74, 6) is -0.245.